The number of aromatic hydroxyl groups is 1. The van der Waals surface area contributed by atoms with Crippen LogP contribution in [-0.4, -0.2) is 54.2 Å². The lowest BCUT2D eigenvalue weighted by atomic mass is 10.2. The van der Waals surface area contributed by atoms with Crippen molar-refractivity contribution in [3.05, 3.63) is 18.2 Å². The molecule has 2 saturated heterocycles. The lowest BCUT2D eigenvalue weighted by Crippen LogP contribution is -2.35. The first kappa shape index (κ1) is 17.7. The van der Waals surface area contributed by atoms with Crippen LogP contribution in [0.25, 0.3) is 0 Å². The van der Waals surface area contributed by atoms with E-state index in [0.717, 1.165) is 12.8 Å². The number of alkyl halides is 1. The van der Waals surface area contributed by atoms with Crippen LogP contribution in [0.5, 0.6) is 5.75 Å². The van der Waals surface area contributed by atoms with Crippen LogP contribution in [0.3, 0.4) is 0 Å². The number of carbonyl (C=O) groups is 1. The van der Waals surface area contributed by atoms with Crippen LogP contribution in [0, 0.1) is 0 Å². The molecule has 2 aliphatic rings. The minimum Gasteiger partial charge on any atom is -0.506 e. The molecule has 0 bridgehead atoms. The summed E-state index contributed by atoms with van der Waals surface area (Å²) in [5, 5.41) is 15.6. The fourth-order valence-electron chi connectivity index (χ4n) is 2.97. The third-order valence-corrected chi connectivity index (χ3v) is 6.91. The number of nitrogens with one attached hydrogen (secondary N) is 2. The number of carbonyl (C=O) groups excluding carboxylic acids is 1. The number of halogens is 1. The van der Waals surface area contributed by atoms with E-state index in [4.69, 9.17) is 0 Å². The number of nitrogens with zero attached hydrogens (tertiary/aromatic N) is 1. The number of hydrogen-bond donors (Lipinski definition) is 3. The molecule has 7 nitrogen and oxygen atoms in total. The molecule has 3 N–H and O–H groups in total. The summed E-state index contributed by atoms with van der Waals surface area (Å²) in [5.74, 6) is -0.444. The summed E-state index contributed by atoms with van der Waals surface area (Å²) in [6, 6.07) is 3.61. The third kappa shape index (κ3) is 3.58. The summed E-state index contributed by atoms with van der Waals surface area (Å²) in [5.41, 5.74) is 0.111. The van der Waals surface area contributed by atoms with Crippen molar-refractivity contribution in [2.45, 2.75) is 35.0 Å². The second-order valence-electron chi connectivity index (χ2n) is 6.07. The number of rotatable bonds is 4. The highest BCUT2D eigenvalue weighted by Crippen LogP contribution is 2.29. The van der Waals surface area contributed by atoms with Gasteiger partial charge in [0, 0.05) is 24.5 Å². The Morgan fingerprint density at radius 2 is 2.04 bits per heavy atom. The summed E-state index contributed by atoms with van der Waals surface area (Å²) in [6.07, 6.45) is 2.34. The minimum atomic E-state index is -3.59. The van der Waals surface area contributed by atoms with Crippen LogP contribution < -0.4 is 10.6 Å². The molecule has 2 aliphatic heterocycles. The van der Waals surface area contributed by atoms with Crippen molar-refractivity contribution in [1.29, 1.82) is 0 Å². The van der Waals surface area contributed by atoms with Gasteiger partial charge >= 0.3 is 0 Å². The molecule has 1 amide bonds. The highest BCUT2D eigenvalue weighted by atomic mass is 79.9. The molecular weight excluding hydrogens is 398 g/mol. The molecule has 2 unspecified atom stereocenters. The van der Waals surface area contributed by atoms with Gasteiger partial charge in [0.1, 0.15) is 5.75 Å². The first-order valence-electron chi connectivity index (χ1n) is 7.89. The highest BCUT2D eigenvalue weighted by molar-refractivity contribution is 9.09. The van der Waals surface area contributed by atoms with Crippen LogP contribution in [0.15, 0.2) is 23.1 Å². The van der Waals surface area contributed by atoms with Crippen LogP contribution in [0.2, 0.25) is 0 Å². The van der Waals surface area contributed by atoms with Crippen molar-refractivity contribution in [1.82, 2.24) is 9.62 Å². The van der Waals surface area contributed by atoms with Gasteiger partial charge in [0.15, 0.2) is 0 Å². The zero-order valence-corrected chi connectivity index (χ0v) is 15.4. The van der Waals surface area contributed by atoms with Crippen LogP contribution in [0.1, 0.15) is 19.3 Å². The van der Waals surface area contributed by atoms with Gasteiger partial charge in [-0.15, -0.1) is 0 Å². The molecule has 2 heterocycles. The predicted octanol–water partition coefficient (Wildman–Crippen LogP) is 1.24. The zero-order chi connectivity index (χ0) is 17.3. The Labute approximate surface area is 149 Å². The molecule has 24 heavy (non-hydrogen) atoms. The SMILES string of the molecule is O=C(Nc1cc(S(=O)(=O)N2CCCC2)ccc1O)C1CC(Br)CN1. The first-order valence-corrected chi connectivity index (χ1v) is 10.2. The molecule has 0 saturated carbocycles. The Morgan fingerprint density at radius 3 is 2.67 bits per heavy atom. The maximum atomic E-state index is 12.6. The van der Waals surface area contributed by atoms with Gasteiger partial charge in [-0.1, -0.05) is 15.9 Å². The van der Waals surface area contributed by atoms with E-state index >= 15 is 0 Å². The van der Waals surface area contributed by atoms with Gasteiger partial charge in [-0.2, -0.15) is 4.31 Å². The average molecular weight is 418 g/mol. The van der Waals surface area contributed by atoms with E-state index < -0.39 is 10.0 Å². The smallest absolute Gasteiger partial charge is 0.243 e. The normalized spacial score (nSPS) is 25.0. The van der Waals surface area contributed by atoms with E-state index in [0.29, 0.717) is 26.1 Å². The van der Waals surface area contributed by atoms with Crippen molar-refractivity contribution in [2.75, 3.05) is 25.0 Å². The third-order valence-electron chi connectivity index (χ3n) is 4.32. The molecule has 0 spiro atoms. The summed E-state index contributed by atoms with van der Waals surface area (Å²) in [6.45, 7) is 1.69. The van der Waals surface area contributed by atoms with Crippen molar-refractivity contribution in [3.63, 3.8) is 0 Å². The Bertz CT molecular complexity index is 734. The number of sulfonamides is 1. The van der Waals surface area contributed by atoms with E-state index in [2.05, 4.69) is 26.6 Å². The number of phenols is 1. The van der Waals surface area contributed by atoms with Gasteiger partial charge in [-0.25, -0.2) is 8.42 Å². The summed E-state index contributed by atoms with van der Waals surface area (Å²) in [4.78, 5) is 12.6. The fourth-order valence-corrected chi connectivity index (χ4v) is 5.07. The highest BCUT2D eigenvalue weighted by Gasteiger charge is 2.30. The summed E-state index contributed by atoms with van der Waals surface area (Å²) >= 11 is 3.45. The minimum absolute atomic E-state index is 0.0789. The van der Waals surface area contributed by atoms with Gasteiger partial charge in [0.05, 0.1) is 16.6 Å². The van der Waals surface area contributed by atoms with Crippen LogP contribution in [0.4, 0.5) is 5.69 Å². The number of hydrogen-bond acceptors (Lipinski definition) is 5. The van der Waals surface area contributed by atoms with Gasteiger partial charge in [0.2, 0.25) is 15.9 Å². The molecule has 132 valence electrons. The molecule has 0 radical (unpaired) electrons. The Kier molecular flexibility index (Phi) is 5.14. The average Bonchev–Trinajstić information content (AvgIpc) is 3.20. The van der Waals surface area contributed by atoms with Gasteiger partial charge in [-0.3, -0.25) is 4.79 Å². The van der Waals surface area contributed by atoms with E-state index in [9.17, 15) is 18.3 Å². The molecule has 1 aromatic rings. The first-order chi connectivity index (χ1) is 11.4. The second kappa shape index (κ2) is 6.99. The quantitative estimate of drug-likeness (QED) is 0.505. The summed E-state index contributed by atoms with van der Waals surface area (Å²) in [7, 11) is -3.59. The van der Waals surface area contributed by atoms with Gasteiger partial charge < -0.3 is 15.7 Å². The number of phenolic OH excluding ortho intramolecular Hbond substituents is 1. The molecule has 2 atom stereocenters. The van der Waals surface area contributed by atoms with E-state index in [-0.39, 0.29) is 33.1 Å². The van der Waals surface area contributed by atoms with Crippen LogP contribution >= 0.6 is 15.9 Å². The van der Waals surface area contributed by atoms with Crippen LogP contribution in [-0.2, 0) is 14.8 Å². The van der Waals surface area contributed by atoms with Crippen molar-refractivity contribution >= 4 is 37.5 Å². The maximum absolute atomic E-state index is 12.6. The summed E-state index contributed by atoms with van der Waals surface area (Å²) < 4.78 is 26.6. The standard InChI is InChI=1S/C15H20BrN3O4S/c16-10-7-13(17-9-10)15(21)18-12-8-11(3-4-14(12)20)24(22,23)19-5-1-2-6-19/h3-4,8,10,13,17,20H,1-2,5-7,9H2,(H,18,21). The monoisotopic (exact) mass is 417 g/mol. The predicted molar refractivity (Wildman–Crippen MR) is 93.9 cm³/mol. The number of amides is 1. The lowest BCUT2D eigenvalue weighted by molar-refractivity contribution is -0.117. The van der Waals surface area contributed by atoms with E-state index in [1.165, 1.54) is 22.5 Å². The van der Waals surface area contributed by atoms with E-state index in [1.807, 2.05) is 0 Å². The molecule has 1 aromatic carbocycles. The van der Waals surface area contributed by atoms with E-state index in [1.54, 1.807) is 0 Å². The molecule has 3 rings (SSSR count). The maximum Gasteiger partial charge on any atom is 0.243 e. The Balaban J connectivity index is 1.80. The number of benzene rings is 1. The molecule has 2 fully saturated rings. The largest absolute Gasteiger partial charge is 0.506 e. The van der Waals surface area contributed by atoms with Gasteiger partial charge in [0.25, 0.3) is 0 Å². The second-order valence-corrected chi connectivity index (χ2v) is 9.31. The lowest BCUT2D eigenvalue weighted by Gasteiger charge is -2.17. The van der Waals surface area contributed by atoms with Crippen molar-refractivity contribution in [2.24, 2.45) is 0 Å². The molecular formula is C15H20BrN3O4S. The van der Waals surface area contributed by atoms with Crippen molar-refractivity contribution < 1.29 is 18.3 Å². The Hall–Kier alpha value is -1.16. The molecule has 0 aliphatic carbocycles. The topological polar surface area (TPSA) is 98.7 Å². The molecule has 9 heteroatoms. The number of anilines is 1. The fraction of sp³-hybridized carbons (Fsp3) is 0.533. The van der Waals surface area contributed by atoms with Gasteiger partial charge in [-0.05, 0) is 37.5 Å². The zero-order valence-electron chi connectivity index (χ0n) is 13.0. The Morgan fingerprint density at radius 1 is 1.33 bits per heavy atom. The molecule has 0 aromatic heterocycles. The van der Waals surface area contributed by atoms with Crippen molar-refractivity contribution in [3.8, 4) is 5.75 Å².